The van der Waals surface area contributed by atoms with Gasteiger partial charge in [0.2, 0.25) is 6.17 Å². The molecule has 0 fully saturated rings. The number of halogens is 2. The topological polar surface area (TPSA) is 50.2 Å². The van der Waals surface area contributed by atoms with E-state index in [1.807, 2.05) is 6.07 Å². The Kier molecular flexibility index (Phi) is 3.38. The van der Waals surface area contributed by atoms with Crippen LogP contribution >= 0.6 is 15.9 Å². The van der Waals surface area contributed by atoms with Crippen LogP contribution in [0.15, 0.2) is 34.9 Å². The molecule has 0 radical (unpaired) electrons. The highest BCUT2D eigenvalue weighted by Gasteiger charge is 2.18. The van der Waals surface area contributed by atoms with Crippen molar-refractivity contribution in [3.8, 4) is 0 Å². The van der Waals surface area contributed by atoms with Crippen LogP contribution < -0.4 is 0 Å². The van der Waals surface area contributed by atoms with Gasteiger partial charge < -0.3 is 5.11 Å². The second-order valence-electron chi connectivity index (χ2n) is 3.62. The van der Waals surface area contributed by atoms with Crippen LogP contribution in [-0.4, -0.2) is 22.2 Å². The lowest BCUT2D eigenvalue weighted by Gasteiger charge is -2.08. The molecular weight excluding hydrogens is 289 g/mol. The van der Waals surface area contributed by atoms with Crippen LogP contribution in [0.25, 0.3) is 10.9 Å². The number of nitrogens with zero attached hydrogens (tertiary/aromatic N) is 1. The number of rotatable bonds is 3. The van der Waals surface area contributed by atoms with E-state index in [1.54, 1.807) is 24.4 Å². The molecule has 1 unspecified atom stereocenters. The Morgan fingerprint density at radius 3 is 2.94 bits per heavy atom. The van der Waals surface area contributed by atoms with Crippen LogP contribution in [0.4, 0.5) is 4.39 Å². The van der Waals surface area contributed by atoms with E-state index in [0.717, 1.165) is 9.86 Å². The first-order valence-corrected chi connectivity index (χ1v) is 5.78. The summed E-state index contributed by atoms with van der Waals surface area (Å²) in [5.74, 6) is -1.45. The van der Waals surface area contributed by atoms with Crippen molar-refractivity contribution in [2.75, 3.05) is 0 Å². The quantitative estimate of drug-likeness (QED) is 0.947. The zero-order valence-electron chi connectivity index (χ0n) is 8.73. The molecule has 1 N–H and O–H groups in total. The van der Waals surface area contributed by atoms with Crippen molar-refractivity contribution in [3.63, 3.8) is 0 Å². The highest BCUT2D eigenvalue weighted by molar-refractivity contribution is 9.10. The van der Waals surface area contributed by atoms with Gasteiger partial charge in [0.05, 0.1) is 5.52 Å². The molecule has 0 aliphatic rings. The van der Waals surface area contributed by atoms with E-state index in [-0.39, 0.29) is 6.42 Å². The number of pyridine rings is 1. The summed E-state index contributed by atoms with van der Waals surface area (Å²) in [5, 5.41) is 9.41. The monoisotopic (exact) mass is 297 g/mol. The maximum Gasteiger partial charge on any atom is 0.338 e. The second-order valence-corrected chi connectivity index (χ2v) is 4.47. The van der Waals surface area contributed by atoms with E-state index >= 15 is 0 Å². The number of carbonyl (C=O) groups is 1. The summed E-state index contributed by atoms with van der Waals surface area (Å²) in [7, 11) is 0. The molecular formula is C12H9BrFNO2. The fourth-order valence-corrected chi connectivity index (χ4v) is 2.09. The molecule has 0 saturated carbocycles. The Morgan fingerprint density at radius 2 is 2.24 bits per heavy atom. The molecule has 0 saturated heterocycles. The molecule has 0 spiro atoms. The third-order valence-corrected chi connectivity index (χ3v) is 3.16. The molecule has 0 aliphatic carbocycles. The molecule has 17 heavy (non-hydrogen) atoms. The van der Waals surface area contributed by atoms with Crippen molar-refractivity contribution in [3.05, 3.63) is 40.5 Å². The van der Waals surface area contributed by atoms with Crippen LogP contribution in [0.2, 0.25) is 0 Å². The molecule has 2 aromatic rings. The van der Waals surface area contributed by atoms with Crippen LogP contribution in [0.1, 0.15) is 5.56 Å². The molecule has 1 atom stereocenters. The smallest absolute Gasteiger partial charge is 0.338 e. The lowest BCUT2D eigenvalue weighted by molar-refractivity contribution is -0.142. The molecule has 0 bridgehead atoms. The van der Waals surface area contributed by atoms with E-state index in [0.29, 0.717) is 11.1 Å². The molecule has 1 heterocycles. The molecule has 88 valence electrons. The Bertz CT molecular complexity index is 573. The van der Waals surface area contributed by atoms with Crippen molar-refractivity contribution < 1.29 is 14.3 Å². The lowest BCUT2D eigenvalue weighted by Crippen LogP contribution is -2.17. The summed E-state index contributed by atoms with van der Waals surface area (Å²) >= 11 is 3.38. The normalized spacial score (nSPS) is 12.6. The minimum absolute atomic E-state index is 0.171. The SMILES string of the molecule is O=C(O)C(F)Cc1ccc(Br)c2cccnc12. The van der Waals surface area contributed by atoms with Crippen molar-refractivity contribution in [1.82, 2.24) is 4.98 Å². The largest absolute Gasteiger partial charge is 0.479 e. The van der Waals surface area contributed by atoms with Crippen molar-refractivity contribution in [1.29, 1.82) is 0 Å². The number of benzene rings is 1. The summed E-state index contributed by atoms with van der Waals surface area (Å²) in [5.41, 5.74) is 1.23. The summed E-state index contributed by atoms with van der Waals surface area (Å²) in [6.45, 7) is 0. The fourth-order valence-electron chi connectivity index (χ4n) is 1.64. The molecule has 2 rings (SSSR count). The number of aliphatic carboxylic acids is 1. The summed E-state index contributed by atoms with van der Waals surface area (Å²) in [6, 6.07) is 7.09. The fraction of sp³-hybridized carbons (Fsp3) is 0.167. The molecule has 5 heteroatoms. The predicted molar refractivity (Wildman–Crippen MR) is 65.7 cm³/mol. The number of aromatic nitrogens is 1. The summed E-state index contributed by atoms with van der Waals surface area (Å²) in [4.78, 5) is 14.7. The first kappa shape index (κ1) is 12.0. The van der Waals surface area contributed by atoms with E-state index in [4.69, 9.17) is 5.11 Å². The van der Waals surface area contributed by atoms with Crippen LogP contribution in [0.5, 0.6) is 0 Å². The van der Waals surface area contributed by atoms with Crippen LogP contribution in [-0.2, 0) is 11.2 Å². The van der Waals surface area contributed by atoms with E-state index in [2.05, 4.69) is 20.9 Å². The second kappa shape index (κ2) is 4.79. The average Bonchev–Trinajstić information content (AvgIpc) is 2.33. The Balaban J connectivity index is 2.48. The molecule has 0 aliphatic heterocycles. The van der Waals surface area contributed by atoms with Gasteiger partial charge >= 0.3 is 5.97 Å². The van der Waals surface area contributed by atoms with E-state index < -0.39 is 12.1 Å². The van der Waals surface area contributed by atoms with Crippen LogP contribution in [0, 0.1) is 0 Å². The zero-order valence-corrected chi connectivity index (χ0v) is 10.3. The van der Waals surface area contributed by atoms with Gasteiger partial charge in [0.25, 0.3) is 0 Å². The van der Waals surface area contributed by atoms with Crippen molar-refractivity contribution >= 4 is 32.8 Å². The number of hydrogen-bond acceptors (Lipinski definition) is 2. The average molecular weight is 298 g/mol. The summed E-state index contributed by atoms with van der Waals surface area (Å²) in [6.07, 6.45) is -0.469. The van der Waals surface area contributed by atoms with E-state index in [1.165, 1.54) is 0 Å². The Labute approximate surface area is 105 Å². The zero-order chi connectivity index (χ0) is 12.4. The Morgan fingerprint density at radius 1 is 1.47 bits per heavy atom. The number of carboxylic acid groups (broad SMARTS) is 1. The number of carboxylic acids is 1. The predicted octanol–water partition coefficient (Wildman–Crippen LogP) is 2.96. The van der Waals surface area contributed by atoms with Gasteiger partial charge in [-0.1, -0.05) is 28.1 Å². The maximum atomic E-state index is 13.2. The van der Waals surface area contributed by atoms with Gasteiger partial charge in [-0.25, -0.2) is 9.18 Å². The minimum Gasteiger partial charge on any atom is -0.479 e. The van der Waals surface area contributed by atoms with Crippen molar-refractivity contribution in [2.45, 2.75) is 12.6 Å². The first-order chi connectivity index (χ1) is 8.09. The summed E-state index contributed by atoms with van der Waals surface area (Å²) < 4.78 is 14.1. The standard InChI is InChI=1S/C12H9BrFNO2/c13-9-4-3-7(6-10(14)12(16)17)11-8(9)2-1-5-15-11/h1-5,10H,6H2,(H,16,17). The van der Waals surface area contributed by atoms with Gasteiger partial charge in [0.1, 0.15) is 0 Å². The molecule has 1 aromatic heterocycles. The van der Waals surface area contributed by atoms with Gasteiger partial charge in [-0.2, -0.15) is 0 Å². The highest BCUT2D eigenvalue weighted by atomic mass is 79.9. The number of alkyl halides is 1. The number of fused-ring (bicyclic) bond motifs is 1. The third-order valence-electron chi connectivity index (χ3n) is 2.47. The van der Waals surface area contributed by atoms with Gasteiger partial charge in [0, 0.05) is 22.5 Å². The third kappa shape index (κ3) is 2.44. The lowest BCUT2D eigenvalue weighted by atomic mass is 10.0. The molecule has 1 aromatic carbocycles. The first-order valence-electron chi connectivity index (χ1n) is 4.98. The van der Waals surface area contributed by atoms with Gasteiger partial charge in [-0.15, -0.1) is 0 Å². The molecule has 0 amide bonds. The van der Waals surface area contributed by atoms with Gasteiger partial charge in [0.15, 0.2) is 0 Å². The van der Waals surface area contributed by atoms with E-state index in [9.17, 15) is 9.18 Å². The maximum absolute atomic E-state index is 13.2. The van der Waals surface area contributed by atoms with Gasteiger partial charge in [-0.05, 0) is 17.7 Å². The van der Waals surface area contributed by atoms with Crippen LogP contribution in [0.3, 0.4) is 0 Å². The minimum atomic E-state index is -1.90. The Hall–Kier alpha value is -1.49. The number of hydrogen-bond donors (Lipinski definition) is 1. The highest BCUT2D eigenvalue weighted by Crippen LogP contribution is 2.26. The van der Waals surface area contributed by atoms with Gasteiger partial charge in [-0.3, -0.25) is 4.98 Å². The molecule has 3 nitrogen and oxygen atoms in total. The van der Waals surface area contributed by atoms with Crippen molar-refractivity contribution in [2.24, 2.45) is 0 Å².